The summed E-state index contributed by atoms with van der Waals surface area (Å²) in [5, 5.41) is 1.87. The number of hydrogen-bond acceptors (Lipinski definition) is 3. The first kappa shape index (κ1) is 16.9. The number of nitrogens with zero attached hydrogens (tertiary/aromatic N) is 1. The molecule has 114 valence electrons. The molecule has 0 bridgehead atoms. The van der Waals surface area contributed by atoms with Crippen LogP contribution in [0, 0.1) is 5.82 Å². The average Bonchev–Trinajstić information content (AvgIpc) is 2.84. The second-order valence-electron chi connectivity index (χ2n) is 4.39. The molecular formula is C13H12BrClFNO2S2. The number of alkyl halides is 1. The number of sulfonamides is 1. The lowest BCUT2D eigenvalue weighted by Gasteiger charge is -2.17. The van der Waals surface area contributed by atoms with Crippen LogP contribution < -0.4 is 0 Å². The Morgan fingerprint density at radius 1 is 1.38 bits per heavy atom. The van der Waals surface area contributed by atoms with E-state index in [1.165, 1.54) is 30.5 Å². The van der Waals surface area contributed by atoms with Crippen molar-refractivity contribution in [3.8, 4) is 0 Å². The molecule has 0 amide bonds. The standard InChI is InChI=1S/C13H12BrClFNO2S2/c1-17(7-11-5-10(14)8-20-11)21(18,19)13-4-9(6-15)2-3-12(13)16/h2-5,8H,6-7H2,1H3. The predicted octanol–water partition coefficient (Wildman–Crippen LogP) is 4.21. The molecule has 21 heavy (non-hydrogen) atoms. The van der Waals surface area contributed by atoms with Crippen molar-refractivity contribution in [3.63, 3.8) is 0 Å². The van der Waals surface area contributed by atoms with Gasteiger partial charge in [0.25, 0.3) is 0 Å². The Balaban J connectivity index is 2.32. The van der Waals surface area contributed by atoms with Crippen molar-refractivity contribution in [2.24, 2.45) is 0 Å². The van der Waals surface area contributed by atoms with Crippen LogP contribution in [-0.2, 0) is 22.4 Å². The first-order chi connectivity index (χ1) is 9.84. The molecule has 0 aliphatic rings. The van der Waals surface area contributed by atoms with Gasteiger partial charge >= 0.3 is 0 Å². The fraction of sp³-hybridized carbons (Fsp3) is 0.231. The van der Waals surface area contributed by atoms with E-state index in [4.69, 9.17) is 11.6 Å². The number of rotatable bonds is 5. The van der Waals surface area contributed by atoms with Gasteiger partial charge in [-0.25, -0.2) is 12.8 Å². The van der Waals surface area contributed by atoms with Crippen LogP contribution in [0.15, 0.2) is 39.0 Å². The molecule has 8 heteroatoms. The van der Waals surface area contributed by atoms with Gasteiger partial charge < -0.3 is 0 Å². The summed E-state index contributed by atoms with van der Waals surface area (Å²) < 4.78 is 40.8. The summed E-state index contributed by atoms with van der Waals surface area (Å²) in [5.41, 5.74) is 0.559. The highest BCUT2D eigenvalue weighted by atomic mass is 79.9. The fourth-order valence-corrected chi connectivity index (χ4v) is 4.75. The van der Waals surface area contributed by atoms with Gasteiger partial charge in [-0.05, 0) is 39.7 Å². The van der Waals surface area contributed by atoms with E-state index in [0.29, 0.717) is 5.56 Å². The quantitative estimate of drug-likeness (QED) is 0.690. The molecule has 0 saturated heterocycles. The Labute approximate surface area is 140 Å². The Morgan fingerprint density at radius 2 is 2.10 bits per heavy atom. The smallest absolute Gasteiger partial charge is 0.207 e. The van der Waals surface area contributed by atoms with Gasteiger partial charge in [-0.1, -0.05) is 6.07 Å². The third-order valence-electron chi connectivity index (χ3n) is 2.84. The number of hydrogen-bond donors (Lipinski definition) is 0. The predicted molar refractivity (Wildman–Crippen MR) is 86.6 cm³/mol. The number of benzene rings is 1. The van der Waals surface area contributed by atoms with Gasteiger partial charge in [0.15, 0.2) is 0 Å². The maximum atomic E-state index is 13.9. The molecule has 1 aromatic heterocycles. The summed E-state index contributed by atoms with van der Waals surface area (Å²) in [6.45, 7) is 0.184. The first-order valence-electron chi connectivity index (χ1n) is 5.88. The highest BCUT2D eigenvalue weighted by Gasteiger charge is 2.25. The lowest BCUT2D eigenvalue weighted by molar-refractivity contribution is 0.462. The molecule has 3 nitrogen and oxygen atoms in total. The molecule has 1 heterocycles. The molecule has 0 N–H and O–H groups in total. The molecule has 0 aliphatic carbocycles. The van der Waals surface area contributed by atoms with Crippen LogP contribution in [0.4, 0.5) is 4.39 Å². The maximum Gasteiger partial charge on any atom is 0.246 e. The Kier molecular flexibility index (Phi) is 5.43. The molecule has 0 atom stereocenters. The molecule has 0 unspecified atom stereocenters. The highest BCUT2D eigenvalue weighted by Crippen LogP contribution is 2.25. The molecular weight excluding hydrogens is 401 g/mol. The Bertz CT molecular complexity index is 748. The molecule has 0 saturated carbocycles. The van der Waals surface area contributed by atoms with Gasteiger partial charge in [0.1, 0.15) is 10.7 Å². The van der Waals surface area contributed by atoms with Crippen molar-refractivity contribution in [3.05, 3.63) is 50.4 Å². The van der Waals surface area contributed by atoms with Crippen molar-refractivity contribution < 1.29 is 12.8 Å². The number of halogens is 3. The molecule has 0 aliphatic heterocycles. The third kappa shape index (κ3) is 3.84. The van der Waals surface area contributed by atoms with Crippen LogP contribution in [0.1, 0.15) is 10.4 Å². The van der Waals surface area contributed by atoms with Crippen molar-refractivity contribution >= 4 is 48.9 Å². The molecule has 1 aromatic carbocycles. The monoisotopic (exact) mass is 411 g/mol. The largest absolute Gasteiger partial charge is 0.246 e. The topological polar surface area (TPSA) is 37.4 Å². The minimum absolute atomic E-state index is 0.129. The van der Waals surface area contributed by atoms with Gasteiger partial charge in [-0.2, -0.15) is 4.31 Å². The Morgan fingerprint density at radius 3 is 2.67 bits per heavy atom. The van der Waals surface area contributed by atoms with E-state index in [0.717, 1.165) is 19.7 Å². The normalized spacial score (nSPS) is 12.0. The van der Waals surface area contributed by atoms with Crippen molar-refractivity contribution in [2.75, 3.05) is 7.05 Å². The first-order valence-corrected chi connectivity index (χ1v) is 9.53. The molecule has 0 fully saturated rings. The summed E-state index contributed by atoms with van der Waals surface area (Å²) in [5.74, 6) is -0.646. The SMILES string of the molecule is CN(Cc1cc(Br)cs1)S(=O)(=O)c1cc(CCl)ccc1F. The van der Waals surface area contributed by atoms with E-state index in [1.54, 1.807) is 0 Å². The van der Waals surface area contributed by atoms with Crippen LogP contribution in [-0.4, -0.2) is 19.8 Å². The van der Waals surface area contributed by atoms with E-state index >= 15 is 0 Å². The van der Waals surface area contributed by atoms with Crippen LogP contribution >= 0.6 is 38.9 Å². The molecule has 0 spiro atoms. The van der Waals surface area contributed by atoms with Crippen LogP contribution in [0.2, 0.25) is 0 Å². The summed E-state index contributed by atoms with van der Waals surface area (Å²) in [4.78, 5) is 0.514. The molecule has 0 radical (unpaired) electrons. The summed E-state index contributed by atoms with van der Waals surface area (Å²) in [7, 11) is -2.47. The Hall–Kier alpha value is -0.470. The summed E-state index contributed by atoms with van der Waals surface area (Å²) in [6, 6.07) is 5.71. The zero-order valence-electron chi connectivity index (χ0n) is 11.0. The zero-order valence-corrected chi connectivity index (χ0v) is 15.0. The van der Waals surface area contributed by atoms with E-state index in [1.807, 2.05) is 11.4 Å². The third-order valence-corrected chi connectivity index (χ3v) is 6.65. The minimum atomic E-state index is -3.90. The van der Waals surface area contributed by atoms with Gasteiger partial charge in [0.05, 0.1) is 0 Å². The fourth-order valence-electron chi connectivity index (χ4n) is 1.74. The lowest BCUT2D eigenvalue weighted by atomic mass is 10.2. The molecule has 2 rings (SSSR count). The van der Waals surface area contributed by atoms with Crippen LogP contribution in [0.5, 0.6) is 0 Å². The van der Waals surface area contributed by atoms with E-state index in [2.05, 4.69) is 15.9 Å². The second-order valence-corrected chi connectivity index (χ2v) is 8.58. The van der Waals surface area contributed by atoms with E-state index < -0.39 is 15.8 Å². The average molecular weight is 413 g/mol. The molecule has 2 aromatic rings. The maximum absolute atomic E-state index is 13.9. The van der Waals surface area contributed by atoms with Gasteiger partial charge in [-0.15, -0.1) is 22.9 Å². The van der Waals surface area contributed by atoms with E-state index in [9.17, 15) is 12.8 Å². The zero-order chi connectivity index (χ0) is 15.6. The van der Waals surface area contributed by atoms with Crippen molar-refractivity contribution in [2.45, 2.75) is 17.3 Å². The van der Waals surface area contributed by atoms with Gasteiger partial charge in [-0.3, -0.25) is 0 Å². The van der Waals surface area contributed by atoms with Crippen LogP contribution in [0.3, 0.4) is 0 Å². The van der Waals surface area contributed by atoms with Gasteiger partial charge in [0.2, 0.25) is 10.0 Å². The second kappa shape index (κ2) is 6.75. The van der Waals surface area contributed by atoms with Crippen molar-refractivity contribution in [1.29, 1.82) is 0 Å². The number of thiophene rings is 1. The summed E-state index contributed by atoms with van der Waals surface area (Å²) in [6.07, 6.45) is 0. The summed E-state index contributed by atoms with van der Waals surface area (Å²) >= 11 is 10.4. The van der Waals surface area contributed by atoms with Crippen molar-refractivity contribution in [1.82, 2.24) is 4.31 Å². The highest BCUT2D eigenvalue weighted by molar-refractivity contribution is 9.10. The van der Waals surface area contributed by atoms with Gasteiger partial charge in [0, 0.05) is 34.2 Å². The minimum Gasteiger partial charge on any atom is -0.207 e. The van der Waals surface area contributed by atoms with Crippen LogP contribution in [0.25, 0.3) is 0 Å². The van der Waals surface area contributed by atoms with E-state index in [-0.39, 0.29) is 17.3 Å². The lowest BCUT2D eigenvalue weighted by Crippen LogP contribution is -2.27.